The zero-order valence-corrected chi connectivity index (χ0v) is 18.9. The van der Waals surface area contributed by atoms with Gasteiger partial charge in [-0.05, 0) is 36.4 Å². The second kappa shape index (κ2) is 10.1. The largest absolute Gasteiger partial charge is 0.493 e. The molecule has 0 bridgehead atoms. The van der Waals surface area contributed by atoms with Gasteiger partial charge in [0.25, 0.3) is 5.69 Å². The summed E-state index contributed by atoms with van der Waals surface area (Å²) in [4.78, 5) is 27.5. The summed E-state index contributed by atoms with van der Waals surface area (Å²) in [6.45, 7) is 0. The van der Waals surface area contributed by atoms with Gasteiger partial charge in [0.15, 0.2) is 11.5 Å². The molecule has 1 aromatic heterocycles. The van der Waals surface area contributed by atoms with Gasteiger partial charge in [0.2, 0.25) is 0 Å². The van der Waals surface area contributed by atoms with Gasteiger partial charge in [-0.2, -0.15) is 0 Å². The van der Waals surface area contributed by atoms with Crippen LogP contribution >= 0.6 is 0 Å². The molecule has 2 N–H and O–H groups in total. The van der Waals surface area contributed by atoms with Crippen molar-refractivity contribution in [2.75, 3.05) is 24.9 Å². The van der Waals surface area contributed by atoms with Crippen LogP contribution in [0.4, 0.5) is 30.6 Å². The van der Waals surface area contributed by atoms with E-state index in [1.165, 1.54) is 32.5 Å². The Labute approximate surface area is 202 Å². The Bertz CT molecular complexity index is 1480. The number of benzene rings is 3. The molecule has 0 aliphatic carbocycles. The van der Waals surface area contributed by atoms with Gasteiger partial charge in [-0.3, -0.25) is 15.1 Å². The first kappa shape index (κ1) is 24.1. The molecule has 0 radical (unpaired) electrons. The first-order valence-electron chi connectivity index (χ1n) is 10.3. The van der Waals surface area contributed by atoms with E-state index in [9.17, 15) is 23.7 Å². The van der Waals surface area contributed by atoms with E-state index in [0.717, 1.165) is 18.2 Å². The molecule has 4 aromatic rings. The number of urea groups is 1. The minimum atomic E-state index is -0.998. The maximum atomic E-state index is 13.8. The number of hydrogen-bond acceptors (Lipinski definition) is 7. The Morgan fingerprint density at radius 1 is 0.917 bits per heavy atom. The number of ether oxygens (including phenoxy) is 3. The van der Waals surface area contributed by atoms with Crippen LogP contribution in [-0.4, -0.2) is 30.2 Å². The van der Waals surface area contributed by atoms with Crippen molar-refractivity contribution in [3.05, 3.63) is 82.5 Å². The van der Waals surface area contributed by atoms with Crippen LogP contribution in [0.15, 0.2) is 60.8 Å². The molecule has 36 heavy (non-hydrogen) atoms. The zero-order chi connectivity index (χ0) is 25.8. The molecular formula is C24H18F2N4O6. The predicted octanol–water partition coefficient (Wildman–Crippen LogP) is 5.87. The van der Waals surface area contributed by atoms with Crippen molar-refractivity contribution in [2.45, 2.75) is 0 Å². The maximum Gasteiger partial charge on any atom is 0.323 e. The number of carbonyl (C=O) groups excluding carboxylic acids is 1. The standard InChI is InChI=1S/C24H18F2N4O6/c1-34-22-11-15-19(12-23(22)35-2)27-8-7-21(15)36-14-4-6-18(20(10-14)30(32)33)29-24(31)28-17-5-3-13(25)9-16(17)26/h3-12H,1-2H3,(H2,28,29,31). The summed E-state index contributed by atoms with van der Waals surface area (Å²) in [5, 5.41) is 16.7. The molecule has 10 nitrogen and oxygen atoms in total. The lowest BCUT2D eigenvalue weighted by atomic mass is 10.1. The molecule has 4 rings (SSSR count). The smallest absolute Gasteiger partial charge is 0.323 e. The molecule has 12 heteroatoms. The van der Waals surface area contributed by atoms with Gasteiger partial charge < -0.3 is 24.8 Å². The van der Waals surface area contributed by atoms with Crippen LogP contribution in [0.25, 0.3) is 10.9 Å². The van der Waals surface area contributed by atoms with E-state index >= 15 is 0 Å². The number of aromatic nitrogens is 1. The number of nitrogens with zero attached hydrogens (tertiary/aromatic N) is 2. The number of methoxy groups -OCH3 is 2. The number of halogens is 2. The summed E-state index contributed by atoms with van der Waals surface area (Å²) in [5.41, 5.74) is -0.394. The van der Waals surface area contributed by atoms with E-state index in [1.807, 2.05) is 0 Å². The molecule has 0 saturated carbocycles. The molecule has 184 valence electrons. The van der Waals surface area contributed by atoms with Crippen molar-refractivity contribution in [1.82, 2.24) is 4.98 Å². The van der Waals surface area contributed by atoms with E-state index < -0.39 is 28.3 Å². The fourth-order valence-corrected chi connectivity index (χ4v) is 3.36. The minimum Gasteiger partial charge on any atom is -0.493 e. The Balaban J connectivity index is 1.60. The van der Waals surface area contributed by atoms with Gasteiger partial charge in [0, 0.05) is 23.7 Å². The van der Waals surface area contributed by atoms with Gasteiger partial charge in [0.1, 0.15) is 28.8 Å². The highest BCUT2D eigenvalue weighted by molar-refractivity contribution is 6.01. The molecule has 0 atom stereocenters. The molecule has 0 saturated heterocycles. The molecule has 0 spiro atoms. The Morgan fingerprint density at radius 3 is 2.31 bits per heavy atom. The van der Waals surface area contributed by atoms with E-state index in [4.69, 9.17) is 14.2 Å². The van der Waals surface area contributed by atoms with Gasteiger partial charge >= 0.3 is 6.03 Å². The average Bonchev–Trinajstić information content (AvgIpc) is 2.85. The molecule has 0 aliphatic heterocycles. The van der Waals surface area contributed by atoms with Crippen LogP contribution < -0.4 is 24.8 Å². The first-order valence-corrected chi connectivity index (χ1v) is 10.3. The molecule has 2 amide bonds. The third kappa shape index (κ3) is 5.06. The highest BCUT2D eigenvalue weighted by Gasteiger charge is 2.19. The van der Waals surface area contributed by atoms with Crippen molar-refractivity contribution >= 4 is 34.0 Å². The van der Waals surface area contributed by atoms with Gasteiger partial charge in [-0.1, -0.05) is 0 Å². The van der Waals surface area contributed by atoms with Gasteiger partial charge in [-0.25, -0.2) is 13.6 Å². The minimum absolute atomic E-state index is 0.111. The highest BCUT2D eigenvalue weighted by atomic mass is 19.1. The number of rotatable bonds is 7. The molecule has 1 heterocycles. The monoisotopic (exact) mass is 496 g/mol. The van der Waals surface area contributed by atoms with Crippen LogP contribution in [0.1, 0.15) is 0 Å². The summed E-state index contributed by atoms with van der Waals surface area (Å²) < 4.78 is 43.3. The molecule has 0 unspecified atom stereocenters. The number of nitro benzene ring substituents is 1. The highest BCUT2D eigenvalue weighted by Crippen LogP contribution is 2.38. The van der Waals surface area contributed by atoms with Crippen molar-refractivity contribution in [1.29, 1.82) is 0 Å². The van der Waals surface area contributed by atoms with Gasteiger partial charge in [-0.15, -0.1) is 0 Å². The van der Waals surface area contributed by atoms with Crippen LogP contribution in [0.3, 0.4) is 0 Å². The lowest BCUT2D eigenvalue weighted by molar-refractivity contribution is -0.384. The second-order valence-corrected chi connectivity index (χ2v) is 7.27. The molecule has 0 fully saturated rings. The summed E-state index contributed by atoms with van der Waals surface area (Å²) in [7, 11) is 2.98. The van der Waals surface area contributed by atoms with Crippen LogP contribution in [0, 0.1) is 21.7 Å². The lowest BCUT2D eigenvalue weighted by Crippen LogP contribution is -2.20. The number of amides is 2. The number of fused-ring (bicyclic) bond motifs is 1. The second-order valence-electron chi connectivity index (χ2n) is 7.27. The SMILES string of the molecule is COc1cc2nccc(Oc3ccc(NC(=O)Nc4ccc(F)cc4F)c([N+](=O)[O-])c3)c2cc1OC. The lowest BCUT2D eigenvalue weighted by Gasteiger charge is -2.13. The van der Waals surface area contributed by atoms with Crippen LogP contribution in [0.2, 0.25) is 0 Å². The fraction of sp³-hybridized carbons (Fsp3) is 0.0833. The van der Waals surface area contributed by atoms with E-state index in [1.54, 1.807) is 18.2 Å². The van der Waals surface area contributed by atoms with Crippen molar-refractivity contribution < 1.29 is 32.7 Å². The Morgan fingerprint density at radius 2 is 1.61 bits per heavy atom. The topological polar surface area (TPSA) is 125 Å². The number of nitrogens with one attached hydrogen (secondary N) is 2. The van der Waals surface area contributed by atoms with Gasteiger partial charge in [0.05, 0.1) is 36.4 Å². The van der Waals surface area contributed by atoms with Crippen LogP contribution in [-0.2, 0) is 0 Å². The summed E-state index contributed by atoms with van der Waals surface area (Å²) in [6, 6.07) is 10.3. The molecule has 0 aliphatic rings. The normalized spacial score (nSPS) is 10.6. The van der Waals surface area contributed by atoms with E-state index in [-0.39, 0.29) is 17.1 Å². The number of carbonyl (C=O) groups is 1. The number of pyridine rings is 1. The number of nitro groups is 1. The maximum absolute atomic E-state index is 13.8. The van der Waals surface area contributed by atoms with Crippen LogP contribution in [0.5, 0.6) is 23.0 Å². The first-order chi connectivity index (χ1) is 17.3. The van der Waals surface area contributed by atoms with E-state index in [0.29, 0.717) is 34.2 Å². The zero-order valence-electron chi connectivity index (χ0n) is 18.9. The summed E-state index contributed by atoms with van der Waals surface area (Å²) in [5.74, 6) is -0.442. The number of hydrogen-bond donors (Lipinski definition) is 2. The van der Waals surface area contributed by atoms with Crippen molar-refractivity contribution in [2.24, 2.45) is 0 Å². The number of anilines is 2. The molecular weight excluding hydrogens is 478 g/mol. The average molecular weight is 496 g/mol. The third-order valence-corrected chi connectivity index (χ3v) is 5.03. The Hall–Kier alpha value is -5.00. The Kier molecular flexibility index (Phi) is 6.77. The molecule has 3 aromatic carbocycles. The van der Waals surface area contributed by atoms with Crippen molar-refractivity contribution in [3.63, 3.8) is 0 Å². The summed E-state index contributed by atoms with van der Waals surface area (Å²) >= 11 is 0. The fourth-order valence-electron chi connectivity index (χ4n) is 3.36. The third-order valence-electron chi connectivity index (χ3n) is 5.03. The summed E-state index contributed by atoms with van der Waals surface area (Å²) in [6.07, 6.45) is 1.51. The van der Waals surface area contributed by atoms with Crippen molar-refractivity contribution in [3.8, 4) is 23.0 Å². The predicted molar refractivity (Wildman–Crippen MR) is 127 cm³/mol. The quantitative estimate of drug-likeness (QED) is 0.242. The van der Waals surface area contributed by atoms with E-state index in [2.05, 4.69) is 15.6 Å².